The number of aromatic nitrogens is 2. The van der Waals surface area contributed by atoms with E-state index in [1.165, 1.54) is 0 Å². The number of nitrogens with one attached hydrogen (secondary N) is 2. The number of hydrogen-bond donors (Lipinski definition) is 3. The minimum atomic E-state index is -1.08. The van der Waals surface area contributed by atoms with Crippen LogP contribution in [0, 0.1) is 0 Å². The van der Waals surface area contributed by atoms with E-state index in [0.717, 1.165) is 17.0 Å². The monoisotopic (exact) mass is 318 g/mol. The first-order valence-corrected chi connectivity index (χ1v) is 6.89. The van der Waals surface area contributed by atoms with E-state index in [1.54, 1.807) is 19.1 Å². The second-order valence-corrected chi connectivity index (χ2v) is 4.89. The van der Waals surface area contributed by atoms with Crippen molar-refractivity contribution in [3.05, 3.63) is 30.3 Å². The van der Waals surface area contributed by atoms with Gasteiger partial charge in [-0.05, 0) is 29.8 Å². The summed E-state index contributed by atoms with van der Waals surface area (Å²) < 4.78 is 5.11. The largest absolute Gasteiger partial charge is 0.497 e. The summed E-state index contributed by atoms with van der Waals surface area (Å²) in [6, 6.07) is 9.30. The van der Waals surface area contributed by atoms with E-state index in [9.17, 15) is 9.59 Å². The molecule has 3 N–H and O–H groups in total. The zero-order chi connectivity index (χ0) is 16.8. The van der Waals surface area contributed by atoms with E-state index in [0.29, 0.717) is 5.82 Å². The minimum absolute atomic E-state index is 0.0141. The van der Waals surface area contributed by atoms with Crippen LogP contribution in [-0.2, 0) is 9.59 Å². The average Bonchev–Trinajstić information content (AvgIpc) is 3.03. The second-order valence-electron chi connectivity index (χ2n) is 4.89. The van der Waals surface area contributed by atoms with Crippen molar-refractivity contribution in [1.82, 2.24) is 15.5 Å². The number of likely N-dealkylation sites (N-methyl/N-ethyl adjacent to an activating group) is 1. The number of aliphatic carboxylic acids is 1. The highest BCUT2D eigenvalue weighted by Gasteiger charge is 2.12. The third kappa shape index (κ3) is 4.47. The maximum absolute atomic E-state index is 11.6. The van der Waals surface area contributed by atoms with Gasteiger partial charge in [-0.15, -0.1) is 0 Å². The summed E-state index contributed by atoms with van der Waals surface area (Å²) in [4.78, 5) is 23.6. The highest BCUT2D eigenvalue weighted by Crippen LogP contribution is 2.23. The number of methoxy groups -OCH3 is 1. The van der Waals surface area contributed by atoms with E-state index < -0.39 is 12.5 Å². The molecule has 8 heteroatoms. The van der Waals surface area contributed by atoms with Crippen molar-refractivity contribution >= 4 is 17.7 Å². The molecule has 0 atom stereocenters. The summed E-state index contributed by atoms with van der Waals surface area (Å²) in [6.45, 7) is -0.384. The summed E-state index contributed by atoms with van der Waals surface area (Å²) in [7, 11) is 3.31. The van der Waals surface area contributed by atoms with Gasteiger partial charge >= 0.3 is 5.97 Å². The lowest BCUT2D eigenvalue weighted by atomic mass is 10.1. The van der Waals surface area contributed by atoms with Gasteiger partial charge < -0.3 is 20.1 Å². The fraction of sp³-hybridized carbons (Fsp3) is 0.267. The SMILES string of the molecule is COc1ccc(-c2cc(N(C)CC(=O)NCC(=O)O)n[nH]2)cc1. The molecular weight excluding hydrogens is 300 g/mol. The Morgan fingerprint density at radius 1 is 1.35 bits per heavy atom. The van der Waals surface area contributed by atoms with Gasteiger partial charge in [0.15, 0.2) is 5.82 Å². The smallest absolute Gasteiger partial charge is 0.322 e. The number of nitrogens with zero attached hydrogens (tertiary/aromatic N) is 2. The average molecular weight is 318 g/mol. The first-order valence-electron chi connectivity index (χ1n) is 6.89. The quantitative estimate of drug-likeness (QED) is 0.694. The summed E-state index contributed by atoms with van der Waals surface area (Å²) in [5.74, 6) is -0.117. The number of amides is 1. The van der Waals surface area contributed by atoms with E-state index >= 15 is 0 Å². The normalized spacial score (nSPS) is 10.2. The van der Waals surface area contributed by atoms with Crippen LogP contribution in [-0.4, -0.2) is 54.4 Å². The Bertz CT molecular complexity index is 681. The van der Waals surface area contributed by atoms with Crippen molar-refractivity contribution in [2.45, 2.75) is 0 Å². The molecule has 0 saturated heterocycles. The molecule has 0 aliphatic rings. The first-order chi connectivity index (χ1) is 11.0. The lowest BCUT2D eigenvalue weighted by Gasteiger charge is -2.14. The molecule has 2 aromatic rings. The number of H-pyrrole nitrogens is 1. The number of hydrogen-bond acceptors (Lipinski definition) is 5. The maximum atomic E-state index is 11.6. The molecule has 1 amide bonds. The highest BCUT2D eigenvalue weighted by molar-refractivity contribution is 5.84. The number of rotatable bonds is 7. The van der Waals surface area contributed by atoms with Crippen LogP contribution in [0.15, 0.2) is 30.3 Å². The fourth-order valence-corrected chi connectivity index (χ4v) is 1.95. The van der Waals surface area contributed by atoms with Gasteiger partial charge in [0.25, 0.3) is 0 Å². The van der Waals surface area contributed by atoms with Crippen molar-refractivity contribution in [3.8, 4) is 17.0 Å². The molecule has 1 heterocycles. The van der Waals surface area contributed by atoms with Gasteiger partial charge in [0, 0.05) is 13.1 Å². The predicted octanol–water partition coefficient (Wildman–Crippen LogP) is 0.722. The Kier molecular flexibility index (Phi) is 5.19. The molecule has 0 radical (unpaired) electrons. The molecule has 1 aromatic carbocycles. The Hall–Kier alpha value is -3.03. The van der Waals surface area contributed by atoms with Gasteiger partial charge in [0.1, 0.15) is 12.3 Å². The van der Waals surface area contributed by atoms with E-state index in [1.807, 2.05) is 30.3 Å². The molecule has 2 rings (SSSR count). The van der Waals surface area contributed by atoms with Gasteiger partial charge in [-0.2, -0.15) is 5.10 Å². The number of benzene rings is 1. The standard InChI is InChI=1S/C15H18N4O4/c1-19(9-14(20)16-8-15(21)22)13-7-12(17-18-13)10-3-5-11(23-2)6-4-10/h3-7H,8-9H2,1-2H3,(H,16,20)(H,17,18)(H,21,22). The molecule has 0 bridgehead atoms. The minimum Gasteiger partial charge on any atom is -0.497 e. The highest BCUT2D eigenvalue weighted by atomic mass is 16.5. The number of ether oxygens (including phenoxy) is 1. The van der Waals surface area contributed by atoms with Crippen LogP contribution in [0.25, 0.3) is 11.3 Å². The second kappa shape index (κ2) is 7.30. The van der Waals surface area contributed by atoms with Crippen molar-refractivity contribution in [1.29, 1.82) is 0 Å². The first kappa shape index (κ1) is 16.3. The molecule has 0 aliphatic carbocycles. The van der Waals surface area contributed by atoms with Crippen LogP contribution in [0.2, 0.25) is 0 Å². The lowest BCUT2D eigenvalue weighted by molar-refractivity contribution is -0.137. The van der Waals surface area contributed by atoms with Crippen LogP contribution in [0.5, 0.6) is 5.75 Å². The number of carbonyl (C=O) groups excluding carboxylic acids is 1. The zero-order valence-corrected chi connectivity index (χ0v) is 12.9. The van der Waals surface area contributed by atoms with E-state index in [-0.39, 0.29) is 12.5 Å². The Balaban J connectivity index is 2.00. The molecule has 0 spiro atoms. The van der Waals surface area contributed by atoms with Crippen LogP contribution in [0.3, 0.4) is 0 Å². The Morgan fingerprint density at radius 2 is 2.04 bits per heavy atom. The number of aromatic amines is 1. The molecule has 1 aromatic heterocycles. The van der Waals surface area contributed by atoms with Gasteiger partial charge in [-0.1, -0.05) is 0 Å². The molecule has 0 unspecified atom stereocenters. The molecule has 0 aliphatic heterocycles. The third-order valence-corrected chi connectivity index (χ3v) is 3.17. The summed E-state index contributed by atoms with van der Waals surface area (Å²) in [5.41, 5.74) is 1.74. The molecule has 122 valence electrons. The summed E-state index contributed by atoms with van der Waals surface area (Å²) >= 11 is 0. The van der Waals surface area contributed by atoms with Crippen LogP contribution < -0.4 is 15.0 Å². The summed E-state index contributed by atoms with van der Waals surface area (Å²) in [5, 5.41) is 17.9. The van der Waals surface area contributed by atoms with Crippen molar-refractivity contribution in [2.75, 3.05) is 32.1 Å². The van der Waals surface area contributed by atoms with Gasteiger partial charge in [0.05, 0.1) is 19.3 Å². The molecule has 23 heavy (non-hydrogen) atoms. The molecule has 8 nitrogen and oxygen atoms in total. The molecular formula is C15H18N4O4. The Morgan fingerprint density at radius 3 is 2.65 bits per heavy atom. The number of carboxylic acid groups (broad SMARTS) is 1. The Labute approximate surface area is 133 Å². The van der Waals surface area contributed by atoms with E-state index in [2.05, 4.69) is 15.5 Å². The van der Waals surface area contributed by atoms with E-state index in [4.69, 9.17) is 9.84 Å². The topological polar surface area (TPSA) is 108 Å². The molecule has 0 saturated carbocycles. The lowest BCUT2D eigenvalue weighted by Crippen LogP contribution is -2.37. The van der Waals surface area contributed by atoms with Crippen LogP contribution in [0.4, 0.5) is 5.82 Å². The van der Waals surface area contributed by atoms with Crippen LogP contribution in [0.1, 0.15) is 0 Å². The predicted molar refractivity (Wildman–Crippen MR) is 84.5 cm³/mol. The molecule has 0 fully saturated rings. The third-order valence-electron chi connectivity index (χ3n) is 3.17. The number of carbonyl (C=O) groups is 2. The van der Waals surface area contributed by atoms with Gasteiger partial charge in [-0.3, -0.25) is 14.7 Å². The summed E-state index contributed by atoms with van der Waals surface area (Å²) in [6.07, 6.45) is 0. The zero-order valence-electron chi connectivity index (χ0n) is 12.9. The van der Waals surface area contributed by atoms with Gasteiger partial charge in [0.2, 0.25) is 5.91 Å². The fourth-order valence-electron chi connectivity index (χ4n) is 1.95. The van der Waals surface area contributed by atoms with Crippen molar-refractivity contribution in [3.63, 3.8) is 0 Å². The van der Waals surface area contributed by atoms with Crippen molar-refractivity contribution < 1.29 is 19.4 Å². The number of carboxylic acids is 1. The van der Waals surface area contributed by atoms with Gasteiger partial charge in [-0.25, -0.2) is 0 Å². The number of anilines is 1. The maximum Gasteiger partial charge on any atom is 0.322 e. The van der Waals surface area contributed by atoms with Crippen LogP contribution >= 0.6 is 0 Å². The van der Waals surface area contributed by atoms with Crippen molar-refractivity contribution in [2.24, 2.45) is 0 Å².